The Labute approximate surface area is 107 Å². The van der Waals surface area contributed by atoms with Crippen molar-refractivity contribution in [2.75, 3.05) is 12.0 Å². The number of sulfone groups is 1. The summed E-state index contributed by atoms with van der Waals surface area (Å²) in [5.74, 6) is -1.44. The molecule has 0 aliphatic carbocycles. The van der Waals surface area contributed by atoms with Crippen LogP contribution in [0, 0.1) is 0 Å². The minimum Gasteiger partial charge on any atom is -0.319 e. The average Bonchev–Trinajstić information content (AvgIpc) is 2.63. The molecule has 0 saturated carbocycles. The average molecular weight is 292 g/mol. The van der Waals surface area contributed by atoms with E-state index < -0.39 is 21.8 Å². The van der Waals surface area contributed by atoms with E-state index in [2.05, 4.69) is 4.98 Å². The molecule has 104 valence electrons. The molecule has 0 spiro atoms. The summed E-state index contributed by atoms with van der Waals surface area (Å²) in [6, 6.07) is 6.11. The van der Waals surface area contributed by atoms with Gasteiger partial charge in [-0.2, -0.15) is 13.2 Å². The molecule has 1 aromatic heterocycles. The first kappa shape index (κ1) is 13.9. The Hall–Kier alpha value is -1.57. The van der Waals surface area contributed by atoms with Crippen molar-refractivity contribution in [1.29, 1.82) is 0 Å². The molecule has 1 aromatic carbocycles. The van der Waals surface area contributed by atoms with E-state index in [-0.39, 0.29) is 23.3 Å². The number of aryl methyl sites for hydroxylation is 1. The predicted molar refractivity (Wildman–Crippen MR) is 64.4 cm³/mol. The molecule has 0 N–H and O–H groups in total. The first-order valence-electron chi connectivity index (χ1n) is 5.39. The Bertz CT molecular complexity index is 704. The predicted octanol–water partition coefficient (Wildman–Crippen LogP) is 2.10. The molecule has 0 fully saturated rings. The lowest BCUT2D eigenvalue weighted by molar-refractivity contribution is -0.146. The third-order valence-electron chi connectivity index (χ3n) is 2.59. The van der Waals surface area contributed by atoms with Crippen LogP contribution in [0.5, 0.6) is 0 Å². The minimum atomic E-state index is -4.61. The molecule has 0 atom stereocenters. The second-order valence-corrected chi connectivity index (χ2v) is 6.46. The van der Waals surface area contributed by atoms with E-state index in [1.807, 2.05) is 0 Å². The van der Waals surface area contributed by atoms with E-state index in [4.69, 9.17) is 0 Å². The van der Waals surface area contributed by atoms with Gasteiger partial charge in [0.15, 0.2) is 0 Å². The molecule has 0 bridgehead atoms. The number of hydrogen-bond acceptors (Lipinski definition) is 3. The maximum Gasteiger partial charge on any atom is 0.449 e. The van der Waals surface area contributed by atoms with Gasteiger partial charge in [0.1, 0.15) is 9.84 Å². The Morgan fingerprint density at radius 3 is 2.47 bits per heavy atom. The maximum absolute atomic E-state index is 12.9. The van der Waals surface area contributed by atoms with Crippen LogP contribution in [0.25, 0.3) is 11.0 Å². The lowest BCUT2D eigenvalue weighted by atomic mass is 10.3. The highest BCUT2D eigenvalue weighted by atomic mass is 32.2. The lowest BCUT2D eigenvalue weighted by Gasteiger charge is -2.10. The van der Waals surface area contributed by atoms with Crippen LogP contribution in [0.1, 0.15) is 5.82 Å². The molecule has 0 amide bonds. The van der Waals surface area contributed by atoms with Gasteiger partial charge in [-0.25, -0.2) is 13.4 Å². The first-order valence-corrected chi connectivity index (χ1v) is 7.45. The van der Waals surface area contributed by atoms with E-state index in [1.165, 1.54) is 12.1 Å². The van der Waals surface area contributed by atoms with Crippen molar-refractivity contribution in [2.24, 2.45) is 0 Å². The van der Waals surface area contributed by atoms with Crippen LogP contribution in [0.3, 0.4) is 0 Å². The topological polar surface area (TPSA) is 52.0 Å². The number of aromatic nitrogens is 2. The number of nitrogens with zero attached hydrogens (tertiary/aromatic N) is 2. The molecular formula is C11H11F3N2O2S. The van der Waals surface area contributed by atoms with Crippen LogP contribution < -0.4 is 0 Å². The molecule has 2 rings (SSSR count). The summed E-state index contributed by atoms with van der Waals surface area (Å²) < 4.78 is 61.7. The Kier molecular flexibility index (Phi) is 3.29. The van der Waals surface area contributed by atoms with Gasteiger partial charge in [0, 0.05) is 12.8 Å². The molecule has 0 radical (unpaired) electrons. The van der Waals surface area contributed by atoms with Gasteiger partial charge in [0.25, 0.3) is 0 Å². The highest BCUT2D eigenvalue weighted by molar-refractivity contribution is 7.90. The molecule has 4 nitrogen and oxygen atoms in total. The molecule has 8 heteroatoms. The summed E-state index contributed by atoms with van der Waals surface area (Å²) in [7, 11) is -3.35. The zero-order valence-electron chi connectivity index (χ0n) is 9.98. The quantitative estimate of drug-likeness (QED) is 0.870. The van der Waals surface area contributed by atoms with Crippen molar-refractivity contribution in [2.45, 2.75) is 12.7 Å². The summed E-state index contributed by atoms with van der Waals surface area (Å²) in [6.45, 7) is -0.270. The molecule has 0 aliphatic rings. The number of para-hydroxylation sites is 2. The number of fused-ring (bicyclic) bond motifs is 1. The fourth-order valence-corrected chi connectivity index (χ4v) is 2.29. The van der Waals surface area contributed by atoms with E-state index >= 15 is 0 Å². The van der Waals surface area contributed by atoms with Crippen LogP contribution in [0.15, 0.2) is 24.3 Å². The normalized spacial score (nSPS) is 13.1. The molecule has 0 saturated heterocycles. The summed E-state index contributed by atoms with van der Waals surface area (Å²) in [6.07, 6.45) is -3.63. The van der Waals surface area contributed by atoms with Crippen molar-refractivity contribution in [3.8, 4) is 0 Å². The second-order valence-electron chi connectivity index (χ2n) is 4.20. The highest BCUT2D eigenvalue weighted by Gasteiger charge is 2.37. The summed E-state index contributed by atoms with van der Waals surface area (Å²) in [4.78, 5) is 3.53. The Balaban J connectivity index is 2.55. The van der Waals surface area contributed by atoms with Gasteiger partial charge in [0.2, 0.25) is 5.82 Å². The minimum absolute atomic E-state index is 0.198. The summed E-state index contributed by atoms with van der Waals surface area (Å²) in [5.41, 5.74) is 0.474. The molecule has 0 aliphatic heterocycles. The van der Waals surface area contributed by atoms with Crippen molar-refractivity contribution in [1.82, 2.24) is 9.55 Å². The fourth-order valence-electron chi connectivity index (χ4n) is 1.78. The van der Waals surface area contributed by atoms with Crippen molar-refractivity contribution >= 4 is 20.9 Å². The van der Waals surface area contributed by atoms with E-state index in [0.29, 0.717) is 0 Å². The zero-order valence-corrected chi connectivity index (χ0v) is 10.8. The molecule has 1 heterocycles. The monoisotopic (exact) mass is 292 g/mol. The standard InChI is InChI=1S/C11H11F3N2O2S/c1-19(17,18)7-6-16-9-5-3-2-4-8(9)15-10(16)11(12,13)14/h2-5H,6-7H2,1H3. The molecular weight excluding hydrogens is 281 g/mol. The van der Waals surface area contributed by atoms with Gasteiger partial charge in [-0.05, 0) is 12.1 Å². The smallest absolute Gasteiger partial charge is 0.319 e. The van der Waals surface area contributed by atoms with E-state index in [0.717, 1.165) is 10.8 Å². The SMILES string of the molecule is CS(=O)(=O)CCn1c(C(F)(F)F)nc2ccccc21. The zero-order chi connectivity index (χ0) is 14.3. The van der Waals surface area contributed by atoms with Crippen molar-refractivity contribution < 1.29 is 21.6 Å². The molecule has 0 unspecified atom stereocenters. The lowest BCUT2D eigenvalue weighted by Crippen LogP contribution is -2.19. The maximum atomic E-state index is 12.9. The van der Waals surface area contributed by atoms with Crippen LogP contribution in [-0.2, 0) is 22.6 Å². The highest BCUT2D eigenvalue weighted by Crippen LogP contribution is 2.31. The van der Waals surface area contributed by atoms with E-state index in [1.54, 1.807) is 12.1 Å². The van der Waals surface area contributed by atoms with Gasteiger partial charge >= 0.3 is 6.18 Å². The fraction of sp³-hybridized carbons (Fsp3) is 0.364. The largest absolute Gasteiger partial charge is 0.449 e. The van der Waals surface area contributed by atoms with Gasteiger partial charge in [0.05, 0.1) is 16.8 Å². The van der Waals surface area contributed by atoms with Gasteiger partial charge in [-0.3, -0.25) is 0 Å². The van der Waals surface area contributed by atoms with Crippen molar-refractivity contribution in [3.63, 3.8) is 0 Å². The number of imidazole rings is 1. The van der Waals surface area contributed by atoms with Gasteiger partial charge in [-0.15, -0.1) is 0 Å². The molecule has 2 aromatic rings. The van der Waals surface area contributed by atoms with Crippen LogP contribution >= 0.6 is 0 Å². The Morgan fingerprint density at radius 2 is 1.89 bits per heavy atom. The number of hydrogen-bond donors (Lipinski definition) is 0. The third-order valence-corrected chi connectivity index (χ3v) is 3.52. The number of benzene rings is 1. The van der Waals surface area contributed by atoms with Crippen LogP contribution in [0.4, 0.5) is 13.2 Å². The van der Waals surface area contributed by atoms with Gasteiger partial charge in [-0.1, -0.05) is 12.1 Å². The van der Waals surface area contributed by atoms with Crippen LogP contribution in [-0.4, -0.2) is 30.0 Å². The summed E-state index contributed by atoms with van der Waals surface area (Å²) in [5, 5.41) is 0. The van der Waals surface area contributed by atoms with Crippen molar-refractivity contribution in [3.05, 3.63) is 30.1 Å². The van der Waals surface area contributed by atoms with Gasteiger partial charge < -0.3 is 4.57 Å². The number of halogens is 3. The molecule has 19 heavy (non-hydrogen) atoms. The second kappa shape index (κ2) is 4.52. The van der Waals surface area contributed by atoms with Crippen LogP contribution in [0.2, 0.25) is 0 Å². The van der Waals surface area contributed by atoms with E-state index in [9.17, 15) is 21.6 Å². The third kappa shape index (κ3) is 3.06. The number of rotatable bonds is 3. The summed E-state index contributed by atoms with van der Waals surface area (Å²) >= 11 is 0. The number of alkyl halides is 3. The Morgan fingerprint density at radius 1 is 1.26 bits per heavy atom. The first-order chi connectivity index (χ1) is 8.68.